The molecule has 1 aliphatic heterocycles. The predicted octanol–water partition coefficient (Wildman–Crippen LogP) is 5.28. The minimum atomic E-state index is -0.758. The Morgan fingerprint density at radius 3 is 2.75 bits per heavy atom. The lowest BCUT2D eigenvalue weighted by Gasteiger charge is -2.22. The van der Waals surface area contributed by atoms with E-state index in [1.54, 1.807) is 31.2 Å². The van der Waals surface area contributed by atoms with Gasteiger partial charge in [-0.3, -0.25) is 14.5 Å². The van der Waals surface area contributed by atoms with Gasteiger partial charge in [-0.2, -0.15) is 0 Å². The Morgan fingerprint density at radius 1 is 1.16 bits per heavy atom. The van der Waals surface area contributed by atoms with Crippen LogP contribution in [0.5, 0.6) is 5.75 Å². The van der Waals surface area contributed by atoms with Crippen molar-refractivity contribution in [2.24, 2.45) is 0 Å². The number of halogens is 1. The molecule has 1 aliphatic rings. The van der Waals surface area contributed by atoms with Crippen LogP contribution < -0.4 is 15.1 Å². The lowest BCUT2D eigenvalue weighted by atomic mass is 9.98. The second-order valence-electron chi connectivity index (χ2n) is 7.61. The molecule has 7 nitrogen and oxygen atoms in total. The number of hydrogen-bond acceptors (Lipinski definition) is 6. The number of ether oxygens (including phenoxy) is 1. The van der Waals surface area contributed by atoms with E-state index in [0.29, 0.717) is 45.5 Å². The van der Waals surface area contributed by atoms with Crippen LogP contribution in [0.25, 0.3) is 11.0 Å². The molecule has 2 aromatic carbocycles. The van der Waals surface area contributed by atoms with Crippen molar-refractivity contribution in [3.63, 3.8) is 0 Å². The van der Waals surface area contributed by atoms with Crippen molar-refractivity contribution in [3.8, 4) is 5.75 Å². The van der Waals surface area contributed by atoms with Crippen molar-refractivity contribution in [2.75, 3.05) is 11.5 Å². The zero-order chi connectivity index (χ0) is 22.4. The number of nitrogens with zero attached hydrogens (tertiary/aromatic N) is 2. The van der Waals surface area contributed by atoms with Crippen LogP contribution in [0.1, 0.15) is 46.8 Å². The summed E-state index contributed by atoms with van der Waals surface area (Å²) in [5, 5.41) is 4.74. The fourth-order valence-corrected chi connectivity index (χ4v) is 4.13. The van der Waals surface area contributed by atoms with Crippen molar-refractivity contribution in [1.82, 2.24) is 5.16 Å². The molecule has 0 saturated carbocycles. The molecule has 0 N–H and O–H groups in total. The van der Waals surface area contributed by atoms with E-state index in [-0.39, 0.29) is 16.8 Å². The van der Waals surface area contributed by atoms with Gasteiger partial charge in [0.15, 0.2) is 11.2 Å². The van der Waals surface area contributed by atoms with Crippen LogP contribution in [0.2, 0.25) is 5.02 Å². The quantitative estimate of drug-likeness (QED) is 0.411. The topological polar surface area (TPSA) is 85.8 Å². The lowest BCUT2D eigenvalue weighted by Crippen LogP contribution is -2.29. The number of rotatable bonds is 5. The predicted molar refractivity (Wildman–Crippen MR) is 120 cm³/mol. The maximum absolute atomic E-state index is 13.6. The van der Waals surface area contributed by atoms with E-state index in [1.165, 1.54) is 4.90 Å². The van der Waals surface area contributed by atoms with Gasteiger partial charge in [0.05, 0.1) is 23.6 Å². The first-order valence-electron chi connectivity index (χ1n) is 10.2. The first-order chi connectivity index (χ1) is 15.5. The molecular weight excluding hydrogens is 432 g/mol. The number of anilines is 1. The highest BCUT2D eigenvalue weighted by atomic mass is 35.5. The maximum Gasteiger partial charge on any atom is 0.296 e. The van der Waals surface area contributed by atoms with Gasteiger partial charge in [-0.1, -0.05) is 35.8 Å². The molecule has 4 aromatic rings. The minimum Gasteiger partial charge on any atom is -0.494 e. The summed E-state index contributed by atoms with van der Waals surface area (Å²) in [6.45, 7) is 4.31. The van der Waals surface area contributed by atoms with Gasteiger partial charge in [0, 0.05) is 11.1 Å². The number of carbonyl (C=O) groups excluding carboxylic acids is 1. The van der Waals surface area contributed by atoms with E-state index >= 15 is 0 Å². The highest BCUT2D eigenvalue weighted by Gasteiger charge is 2.45. The second-order valence-corrected chi connectivity index (χ2v) is 8.05. The first-order valence-corrected chi connectivity index (χ1v) is 10.6. The summed E-state index contributed by atoms with van der Waals surface area (Å²) in [7, 11) is 0. The third-order valence-electron chi connectivity index (χ3n) is 5.34. The van der Waals surface area contributed by atoms with E-state index < -0.39 is 11.9 Å². The Labute approximate surface area is 188 Å². The van der Waals surface area contributed by atoms with Crippen LogP contribution in [0.4, 0.5) is 5.82 Å². The Morgan fingerprint density at radius 2 is 2.00 bits per heavy atom. The molecule has 8 heteroatoms. The van der Waals surface area contributed by atoms with Crippen LogP contribution in [-0.4, -0.2) is 17.7 Å². The maximum atomic E-state index is 13.6. The zero-order valence-corrected chi connectivity index (χ0v) is 18.2. The fourth-order valence-electron chi connectivity index (χ4n) is 3.96. The fraction of sp³-hybridized carbons (Fsp3) is 0.208. The Kier molecular flexibility index (Phi) is 4.98. The molecule has 3 heterocycles. The molecule has 1 atom stereocenters. The van der Waals surface area contributed by atoms with Crippen LogP contribution in [0, 0.1) is 6.92 Å². The summed E-state index contributed by atoms with van der Waals surface area (Å²) >= 11 is 6.12. The third kappa shape index (κ3) is 3.26. The first kappa shape index (κ1) is 20.3. The van der Waals surface area contributed by atoms with Gasteiger partial charge < -0.3 is 13.7 Å². The van der Waals surface area contributed by atoms with Gasteiger partial charge in [-0.25, -0.2) is 0 Å². The summed E-state index contributed by atoms with van der Waals surface area (Å²) in [5.74, 6) is 1.00. The molecule has 1 amide bonds. The van der Waals surface area contributed by atoms with Crippen molar-refractivity contribution in [3.05, 3.63) is 86.4 Å². The Bertz CT molecular complexity index is 1410. The minimum absolute atomic E-state index is 0.0182. The molecule has 0 radical (unpaired) electrons. The van der Waals surface area contributed by atoms with Crippen LogP contribution in [0.15, 0.2) is 62.3 Å². The molecule has 0 spiro atoms. The number of carbonyl (C=O) groups is 1. The van der Waals surface area contributed by atoms with Gasteiger partial charge in [0.1, 0.15) is 17.1 Å². The summed E-state index contributed by atoms with van der Waals surface area (Å²) in [5.41, 5.74) is 0.909. The van der Waals surface area contributed by atoms with E-state index in [9.17, 15) is 9.59 Å². The average Bonchev–Trinajstić information content (AvgIpc) is 3.34. The van der Waals surface area contributed by atoms with Crippen molar-refractivity contribution in [1.29, 1.82) is 0 Å². The van der Waals surface area contributed by atoms with Gasteiger partial charge in [-0.05, 0) is 49.2 Å². The number of hydrogen-bond donors (Lipinski definition) is 0. The zero-order valence-electron chi connectivity index (χ0n) is 17.4. The average molecular weight is 451 g/mol. The number of benzene rings is 2. The van der Waals surface area contributed by atoms with E-state index in [0.717, 1.165) is 6.42 Å². The summed E-state index contributed by atoms with van der Waals surface area (Å²) < 4.78 is 16.9. The van der Waals surface area contributed by atoms with Crippen molar-refractivity contribution < 1.29 is 18.5 Å². The highest BCUT2D eigenvalue weighted by molar-refractivity contribution is 6.31. The molecule has 0 saturated heterocycles. The molecule has 0 bridgehead atoms. The largest absolute Gasteiger partial charge is 0.494 e. The van der Waals surface area contributed by atoms with E-state index in [1.807, 2.05) is 31.2 Å². The van der Waals surface area contributed by atoms with Gasteiger partial charge >= 0.3 is 0 Å². The van der Waals surface area contributed by atoms with Gasteiger partial charge in [-0.15, -0.1) is 0 Å². The molecule has 5 rings (SSSR count). The van der Waals surface area contributed by atoms with Crippen LogP contribution in [-0.2, 0) is 0 Å². The number of aryl methyl sites for hydroxylation is 1. The summed E-state index contributed by atoms with van der Waals surface area (Å²) in [6.07, 6.45) is 0.857. The van der Waals surface area contributed by atoms with Gasteiger partial charge in [0.2, 0.25) is 5.76 Å². The molecular formula is C24H19ClN2O5. The lowest BCUT2D eigenvalue weighted by molar-refractivity contribution is 0.0969. The van der Waals surface area contributed by atoms with Crippen molar-refractivity contribution >= 4 is 34.3 Å². The summed E-state index contributed by atoms with van der Waals surface area (Å²) in [4.78, 5) is 28.5. The third-order valence-corrected chi connectivity index (χ3v) is 5.58. The summed E-state index contributed by atoms with van der Waals surface area (Å²) in [6, 6.07) is 13.0. The molecule has 2 aromatic heterocycles. The number of aromatic nitrogens is 1. The standard InChI is InChI=1S/C24H19ClN2O5/c1-3-9-30-16-6-4-5-14(11-16)21-20-22(28)17-12-15(25)7-8-18(17)31-23(20)24(29)27(21)19-10-13(2)32-26-19/h4-8,10-12,21H,3,9H2,1-2H3/t21-/m0/s1. The van der Waals surface area contributed by atoms with E-state index in [2.05, 4.69) is 5.16 Å². The smallest absolute Gasteiger partial charge is 0.296 e. The molecule has 32 heavy (non-hydrogen) atoms. The van der Waals surface area contributed by atoms with Crippen LogP contribution >= 0.6 is 11.6 Å². The Hall–Kier alpha value is -3.58. The normalized spacial score (nSPS) is 15.4. The number of amides is 1. The highest BCUT2D eigenvalue weighted by Crippen LogP contribution is 2.41. The molecule has 0 fully saturated rings. The Balaban J connectivity index is 1.76. The van der Waals surface area contributed by atoms with Crippen molar-refractivity contribution in [2.45, 2.75) is 26.3 Å². The SMILES string of the molecule is CCCOc1cccc([C@H]2c3c(oc4ccc(Cl)cc4c3=O)C(=O)N2c2cc(C)on2)c1. The van der Waals surface area contributed by atoms with Crippen LogP contribution in [0.3, 0.4) is 0 Å². The molecule has 0 unspecified atom stereocenters. The second kappa shape index (κ2) is 7.84. The van der Waals surface area contributed by atoms with Gasteiger partial charge in [0.25, 0.3) is 5.91 Å². The number of fused-ring (bicyclic) bond motifs is 2. The molecule has 162 valence electrons. The van der Waals surface area contributed by atoms with E-state index in [4.69, 9.17) is 25.3 Å². The monoisotopic (exact) mass is 450 g/mol. The molecule has 0 aliphatic carbocycles.